The maximum atomic E-state index is 7.32. The van der Waals surface area contributed by atoms with Crippen LogP contribution in [0.25, 0.3) is 0 Å². The lowest BCUT2D eigenvalue weighted by Gasteiger charge is -2.35. The summed E-state index contributed by atoms with van der Waals surface area (Å²) in [4.78, 5) is 9.03. The van der Waals surface area contributed by atoms with E-state index < -0.39 is 0 Å². The molecule has 0 amide bonds. The van der Waals surface area contributed by atoms with Crippen molar-refractivity contribution in [1.29, 1.82) is 5.41 Å². The normalized spacial score (nSPS) is 16.8. The highest BCUT2D eigenvalue weighted by Gasteiger charge is 2.16. The summed E-state index contributed by atoms with van der Waals surface area (Å²) in [7, 11) is 0. The molecule has 0 atom stereocenters. The third-order valence-corrected chi connectivity index (χ3v) is 3.30. The van der Waals surface area contributed by atoms with Crippen molar-refractivity contribution in [2.75, 3.05) is 37.6 Å². The average Bonchev–Trinajstić information content (AvgIpc) is 2.40. The number of nitrogens with two attached hydrogens (primary N) is 1. The number of nitrogens with one attached hydrogen (secondary N) is 1. The van der Waals surface area contributed by atoms with Crippen LogP contribution < -0.4 is 10.6 Å². The molecule has 3 N–H and O–H groups in total. The molecule has 1 aliphatic heterocycles. The predicted octanol–water partition coefficient (Wildman–Crippen LogP) is 0.898. The Bertz CT molecular complexity index is 392. The Kier molecular flexibility index (Phi) is 4.15. The highest BCUT2D eigenvalue weighted by atomic mass is 15.3. The van der Waals surface area contributed by atoms with Crippen molar-refractivity contribution in [2.45, 2.75) is 13.3 Å². The van der Waals surface area contributed by atoms with Gasteiger partial charge in [-0.15, -0.1) is 0 Å². The molecule has 0 aromatic carbocycles. The van der Waals surface area contributed by atoms with E-state index in [-0.39, 0.29) is 5.84 Å². The Morgan fingerprint density at radius 1 is 1.33 bits per heavy atom. The van der Waals surface area contributed by atoms with Crippen molar-refractivity contribution in [3.8, 4) is 0 Å². The number of nitrogen functional groups attached to an aromatic ring is 1. The molecule has 98 valence electrons. The van der Waals surface area contributed by atoms with Crippen molar-refractivity contribution in [1.82, 2.24) is 9.88 Å². The fraction of sp³-hybridized carbons (Fsp3) is 0.538. The molecule has 1 fully saturated rings. The van der Waals surface area contributed by atoms with Crippen molar-refractivity contribution < 1.29 is 0 Å². The van der Waals surface area contributed by atoms with E-state index >= 15 is 0 Å². The fourth-order valence-electron chi connectivity index (χ4n) is 2.28. The van der Waals surface area contributed by atoms with Crippen LogP contribution in [0, 0.1) is 5.41 Å². The standard InChI is InChI=1S/C13H21N5/c1-2-5-17-6-8-18(9-7-17)11-3-4-12(13(14)15)16-10-11/h3-4,10H,2,5-9H2,1H3,(H3,14,15). The first-order valence-electron chi connectivity index (χ1n) is 6.48. The molecule has 1 aromatic heterocycles. The second kappa shape index (κ2) is 5.82. The lowest BCUT2D eigenvalue weighted by atomic mass is 10.2. The molecular weight excluding hydrogens is 226 g/mol. The van der Waals surface area contributed by atoms with Crippen molar-refractivity contribution in [2.24, 2.45) is 5.73 Å². The lowest BCUT2D eigenvalue weighted by Crippen LogP contribution is -2.46. The maximum absolute atomic E-state index is 7.32. The minimum atomic E-state index is 0.0225. The van der Waals surface area contributed by atoms with E-state index in [4.69, 9.17) is 11.1 Å². The molecule has 0 spiro atoms. The summed E-state index contributed by atoms with van der Waals surface area (Å²) in [6, 6.07) is 3.81. The van der Waals surface area contributed by atoms with Gasteiger partial charge < -0.3 is 10.6 Å². The summed E-state index contributed by atoms with van der Waals surface area (Å²) in [5, 5.41) is 7.32. The van der Waals surface area contributed by atoms with Gasteiger partial charge in [0.05, 0.1) is 11.9 Å². The number of nitrogens with zero attached hydrogens (tertiary/aromatic N) is 3. The van der Waals surface area contributed by atoms with Gasteiger partial charge in [0, 0.05) is 26.2 Å². The van der Waals surface area contributed by atoms with Crippen LogP contribution in [0.4, 0.5) is 5.69 Å². The van der Waals surface area contributed by atoms with Crippen molar-refractivity contribution >= 4 is 11.5 Å². The van der Waals surface area contributed by atoms with E-state index in [2.05, 4.69) is 21.7 Å². The maximum Gasteiger partial charge on any atom is 0.141 e. The highest BCUT2D eigenvalue weighted by Crippen LogP contribution is 2.15. The molecule has 1 aliphatic rings. The number of anilines is 1. The Hall–Kier alpha value is -1.62. The molecule has 18 heavy (non-hydrogen) atoms. The number of hydrogen-bond acceptors (Lipinski definition) is 4. The van der Waals surface area contributed by atoms with Gasteiger partial charge in [0.15, 0.2) is 0 Å². The van der Waals surface area contributed by atoms with Crippen LogP contribution in [0.5, 0.6) is 0 Å². The van der Waals surface area contributed by atoms with Crippen LogP contribution in [0.2, 0.25) is 0 Å². The molecule has 1 aromatic rings. The number of piperazine rings is 1. The number of rotatable bonds is 4. The Labute approximate surface area is 108 Å². The first-order chi connectivity index (χ1) is 8.70. The van der Waals surface area contributed by atoms with E-state index in [1.54, 1.807) is 0 Å². The zero-order valence-electron chi connectivity index (χ0n) is 10.9. The van der Waals surface area contributed by atoms with Crippen LogP contribution in [-0.4, -0.2) is 48.4 Å². The van der Waals surface area contributed by atoms with Crippen LogP contribution in [0.3, 0.4) is 0 Å². The van der Waals surface area contributed by atoms with Gasteiger partial charge in [0.1, 0.15) is 11.5 Å². The summed E-state index contributed by atoms with van der Waals surface area (Å²) < 4.78 is 0. The molecule has 0 saturated carbocycles. The van der Waals surface area contributed by atoms with Gasteiger partial charge >= 0.3 is 0 Å². The predicted molar refractivity (Wildman–Crippen MR) is 74.2 cm³/mol. The molecule has 1 saturated heterocycles. The van der Waals surface area contributed by atoms with E-state index in [1.165, 1.54) is 13.0 Å². The van der Waals surface area contributed by atoms with E-state index in [9.17, 15) is 0 Å². The van der Waals surface area contributed by atoms with Gasteiger partial charge in [0.25, 0.3) is 0 Å². The summed E-state index contributed by atoms with van der Waals surface area (Å²) in [5.41, 5.74) is 7.06. The van der Waals surface area contributed by atoms with E-state index in [0.29, 0.717) is 5.69 Å². The van der Waals surface area contributed by atoms with Crippen LogP contribution >= 0.6 is 0 Å². The molecule has 0 aliphatic carbocycles. The molecule has 5 nitrogen and oxygen atoms in total. The number of hydrogen-bond donors (Lipinski definition) is 2. The van der Waals surface area contributed by atoms with Gasteiger partial charge in [-0.25, -0.2) is 0 Å². The Morgan fingerprint density at radius 3 is 2.56 bits per heavy atom. The summed E-state index contributed by atoms with van der Waals surface area (Å²) in [6.45, 7) is 7.72. The van der Waals surface area contributed by atoms with E-state index in [0.717, 1.165) is 31.9 Å². The van der Waals surface area contributed by atoms with E-state index in [1.807, 2.05) is 18.3 Å². The minimum absolute atomic E-state index is 0.0225. The second-order valence-corrected chi connectivity index (χ2v) is 4.64. The summed E-state index contributed by atoms with van der Waals surface area (Å²) in [6.07, 6.45) is 3.03. The molecule has 2 heterocycles. The Balaban J connectivity index is 1.95. The second-order valence-electron chi connectivity index (χ2n) is 4.64. The molecule has 2 rings (SSSR count). The molecular formula is C13H21N5. The summed E-state index contributed by atoms with van der Waals surface area (Å²) in [5.74, 6) is 0.0225. The molecule has 5 heteroatoms. The SMILES string of the molecule is CCCN1CCN(c2ccc(C(=N)N)nc2)CC1. The fourth-order valence-corrected chi connectivity index (χ4v) is 2.28. The topological polar surface area (TPSA) is 69.2 Å². The third-order valence-electron chi connectivity index (χ3n) is 3.30. The van der Waals surface area contributed by atoms with Crippen LogP contribution in [-0.2, 0) is 0 Å². The molecule has 0 radical (unpaired) electrons. The smallest absolute Gasteiger partial charge is 0.141 e. The zero-order chi connectivity index (χ0) is 13.0. The lowest BCUT2D eigenvalue weighted by molar-refractivity contribution is 0.258. The van der Waals surface area contributed by atoms with Gasteiger partial charge in [0.2, 0.25) is 0 Å². The number of aromatic nitrogens is 1. The largest absolute Gasteiger partial charge is 0.382 e. The molecule has 0 bridgehead atoms. The van der Waals surface area contributed by atoms with Crippen molar-refractivity contribution in [3.63, 3.8) is 0 Å². The van der Waals surface area contributed by atoms with Crippen LogP contribution in [0.15, 0.2) is 18.3 Å². The van der Waals surface area contributed by atoms with Gasteiger partial charge in [-0.3, -0.25) is 15.3 Å². The number of amidine groups is 1. The first kappa shape index (κ1) is 12.8. The molecule has 0 unspecified atom stereocenters. The average molecular weight is 247 g/mol. The summed E-state index contributed by atoms with van der Waals surface area (Å²) >= 11 is 0. The van der Waals surface area contributed by atoms with Gasteiger partial charge in [-0.05, 0) is 25.1 Å². The van der Waals surface area contributed by atoms with Gasteiger partial charge in [-0.1, -0.05) is 6.92 Å². The van der Waals surface area contributed by atoms with Crippen molar-refractivity contribution in [3.05, 3.63) is 24.0 Å². The first-order valence-corrected chi connectivity index (χ1v) is 6.48. The van der Waals surface area contributed by atoms with Crippen LogP contribution in [0.1, 0.15) is 19.0 Å². The zero-order valence-corrected chi connectivity index (χ0v) is 10.9. The highest BCUT2D eigenvalue weighted by molar-refractivity contribution is 5.93. The third kappa shape index (κ3) is 2.98. The quantitative estimate of drug-likeness (QED) is 0.612. The van der Waals surface area contributed by atoms with Gasteiger partial charge in [-0.2, -0.15) is 0 Å². The Morgan fingerprint density at radius 2 is 2.06 bits per heavy atom. The minimum Gasteiger partial charge on any atom is -0.382 e. The monoisotopic (exact) mass is 247 g/mol. The number of pyridine rings is 1.